The molecule has 1 aliphatic heterocycles. The molecule has 4 aromatic rings. The summed E-state index contributed by atoms with van der Waals surface area (Å²) < 4.78 is 1.19. The molecule has 3 aromatic heterocycles. The highest BCUT2D eigenvalue weighted by Gasteiger charge is 2.31. The second-order valence-corrected chi connectivity index (χ2v) is 7.94. The van der Waals surface area contributed by atoms with Gasteiger partial charge >= 0.3 is 0 Å². The molecule has 0 fully saturated rings. The van der Waals surface area contributed by atoms with Crippen molar-refractivity contribution in [3.63, 3.8) is 0 Å². The normalized spacial score (nSPS) is 13.5. The number of benzene rings is 1. The number of thiazole rings is 2. The number of pyridine rings is 1. The fourth-order valence-electron chi connectivity index (χ4n) is 3.27. The number of hydrogen-bond acceptors (Lipinski definition) is 6. The number of nitrogens with zero attached hydrogens (tertiary/aromatic N) is 4. The molecule has 0 saturated carbocycles. The van der Waals surface area contributed by atoms with Crippen LogP contribution in [0.5, 0.6) is 0 Å². The van der Waals surface area contributed by atoms with Crippen LogP contribution in [0.3, 0.4) is 0 Å². The maximum atomic E-state index is 13.0. The zero-order valence-corrected chi connectivity index (χ0v) is 15.4. The van der Waals surface area contributed by atoms with Gasteiger partial charge in [0, 0.05) is 30.1 Å². The summed E-state index contributed by atoms with van der Waals surface area (Å²) in [5.41, 5.74) is 6.06. The van der Waals surface area contributed by atoms with E-state index in [0.29, 0.717) is 18.7 Å². The number of fused-ring (bicyclic) bond motifs is 2. The van der Waals surface area contributed by atoms with E-state index in [2.05, 4.69) is 21.0 Å². The van der Waals surface area contributed by atoms with Crippen molar-refractivity contribution in [2.45, 2.75) is 13.0 Å². The standard InChI is InChI=1S/C19H14N4OS2/c24-19-18-12(15-10-25-11-21-15)5-7-20-14(18)9-23(19)8-6-17-22-13-3-1-2-4-16(13)26-17/h1-5,7,10-11H,6,8-9H2. The molecule has 0 radical (unpaired) electrons. The molecule has 1 aromatic carbocycles. The van der Waals surface area contributed by atoms with E-state index in [0.717, 1.165) is 33.9 Å². The van der Waals surface area contributed by atoms with Gasteiger partial charge in [0.25, 0.3) is 5.91 Å². The van der Waals surface area contributed by atoms with Gasteiger partial charge in [-0.3, -0.25) is 9.78 Å². The summed E-state index contributed by atoms with van der Waals surface area (Å²) in [6.45, 7) is 1.20. The molecule has 0 N–H and O–H groups in total. The first-order chi connectivity index (χ1) is 12.8. The summed E-state index contributed by atoms with van der Waals surface area (Å²) in [6, 6.07) is 10.0. The Bertz CT molecular complexity index is 1070. The van der Waals surface area contributed by atoms with Crippen molar-refractivity contribution in [3.05, 3.63) is 63.7 Å². The Labute approximate surface area is 158 Å². The lowest BCUT2D eigenvalue weighted by molar-refractivity contribution is 0.0780. The Morgan fingerprint density at radius 3 is 2.92 bits per heavy atom. The average Bonchev–Trinajstić information content (AvgIpc) is 3.39. The Morgan fingerprint density at radius 2 is 2.08 bits per heavy atom. The van der Waals surface area contributed by atoms with Crippen molar-refractivity contribution in [1.82, 2.24) is 19.9 Å². The molecule has 0 bridgehead atoms. The van der Waals surface area contributed by atoms with E-state index in [1.807, 2.05) is 34.5 Å². The summed E-state index contributed by atoms with van der Waals surface area (Å²) >= 11 is 3.22. The molecular formula is C19H14N4OS2. The molecule has 0 spiro atoms. The molecule has 0 aliphatic carbocycles. The van der Waals surface area contributed by atoms with Gasteiger partial charge in [0.15, 0.2) is 0 Å². The Kier molecular flexibility index (Phi) is 3.76. The average molecular weight is 378 g/mol. The van der Waals surface area contributed by atoms with Crippen LogP contribution in [-0.4, -0.2) is 32.3 Å². The van der Waals surface area contributed by atoms with E-state index >= 15 is 0 Å². The summed E-state index contributed by atoms with van der Waals surface area (Å²) in [5.74, 6) is 0.0391. The number of hydrogen-bond donors (Lipinski definition) is 0. The predicted molar refractivity (Wildman–Crippen MR) is 103 cm³/mol. The fraction of sp³-hybridized carbons (Fsp3) is 0.158. The third kappa shape index (κ3) is 2.60. The van der Waals surface area contributed by atoms with Crippen LogP contribution in [0, 0.1) is 0 Å². The predicted octanol–water partition coefficient (Wildman–Crippen LogP) is 4.01. The molecule has 5 rings (SSSR count). The quantitative estimate of drug-likeness (QED) is 0.538. The zero-order valence-electron chi connectivity index (χ0n) is 13.8. The second kappa shape index (κ2) is 6.26. The highest BCUT2D eigenvalue weighted by Crippen LogP contribution is 2.31. The minimum Gasteiger partial charge on any atom is -0.332 e. The van der Waals surface area contributed by atoms with Crippen LogP contribution in [0.4, 0.5) is 0 Å². The smallest absolute Gasteiger partial charge is 0.256 e. The Balaban J connectivity index is 1.38. The molecule has 4 heterocycles. The SMILES string of the molecule is O=C1c2c(-c3cscn3)ccnc2CN1CCc1nc2ccccc2s1. The minimum atomic E-state index is 0.0391. The van der Waals surface area contributed by atoms with Gasteiger partial charge in [-0.1, -0.05) is 12.1 Å². The lowest BCUT2D eigenvalue weighted by atomic mass is 10.1. The molecule has 0 saturated heterocycles. The van der Waals surface area contributed by atoms with Crippen LogP contribution in [0.2, 0.25) is 0 Å². The monoisotopic (exact) mass is 378 g/mol. The van der Waals surface area contributed by atoms with Gasteiger partial charge in [-0.15, -0.1) is 22.7 Å². The summed E-state index contributed by atoms with van der Waals surface area (Å²) in [4.78, 5) is 28.2. The number of carbonyl (C=O) groups is 1. The molecule has 0 atom stereocenters. The maximum absolute atomic E-state index is 13.0. The van der Waals surface area contributed by atoms with E-state index in [4.69, 9.17) is 0 Å². The molecule has 5 nitrogen and oxygen atoms in total. The lowest BCUT2D eigenvalue weighted by Crippen LogP contribution is -2.26. The van der Waals surface area contributed by atoms with Gasteiger partial charge in [-0.25, -0.2) is 9.97 Å². The van der Waals surface area contributed by atoms with Crippen LogP contribution in [0.15, 0.2) is 47.4 Å². The van der Waals surface area contributed by atoms with E-state index in [-0.39, 0.29) is 5.91 Å². The number of aromatic nitrogens is 3. The zero-order chi connectivity index (χ0) is 17.5. The third-order valence-electron chi connectivity index (χ3n) is 4.51. The van der Waals surface area contributed by atoms with Crippen molar-refractivity contribution in [2.24, 2.45) is 0 Å². The lowest BCUT2D eigenvalue weighted by Gasteiger charge is -2.14. The van der Waals surface area contributed by atoms with Gasteiger partial charge in [-0.2, -0.15) is 0 Å². The number of carbonyl (C=O) groups excluding carboxylic acids is 1. The first-order valence-corrected chi connectivity index (χ1v) is 10.1. The molecule has 7 heteroatoms. The van der Waals surface area contributed by atoms with Crippen LogP contribution in [-0.2, 0) is 13.0 Å². The van der Waals surface area contributed by atoms with Crippen molar-refractivity contribution in [1.29, 1.82) is 0 Å². The van der Waals surface area contributed by atoms with Gasteiger partial charge < -0.3 is 4.90 Å². The van der Waals surface area contributed by atoms with E-state index < -0.39 is 0 Å². The molecule has 0 unspecified atom stereocenters. The fourth-order valence-corrected chi connectivity index (χ4v) is 4.78. The van der Waals surface area contributed by atoms with Gasteiger partial charge in [-0.05, 0) is 18.2 Å². The largest absolute Gasteiger partial charge is 0.332 e. The van der Waals surface area contributed by atoms with E-state index in [9.17, 15) is 4.79 Å². The van der Waals surface area contributed by atoms with Crippen molar-refractivity contribution in [3.8, 4) is 11.3 Å². The first-order valence-electron chi connectivity index (χ1n) is 8.30. The molecular weight excluding hydrogens is 364 g/mol. The van der Waals surface area contributed by atoms with Crippen molar-refractivity contribution in [2.75, 3.05) is 6.54 Å². The van der Waals surface area contributed by atoms with E-state index in [1.54, 1.807) is 23.0 Å². The first kappa shape index (κ1) is 15.6. The van der Waals surface area contributed by atoms with Crippen molar-refractivity contribution >= 4 is 38.8 Å². The topological polar surface area (TPSA) is 59.0 Å². The molecule has 128 valence electrons. The number of para-hydroxylation sites is 1. The van der Waals surface area contributed by atoms with E-state index in [1.165, 1.54) is 16.0 Å². The maximum Gasteiger partial charge on any atom is 0.256 e. The Morgan fingerprint density at radius 1 is 1.15 bits per heavy atom. The van der Waals surface area contributed by atoms with Crippen molar-refractivity contribution < 1.29 is 4.79 Å². The highest BCUT2D eigenvalue weighted by atomic mass is 32.1. The molecule has 1 amide bonds. The number of amides is 1. The third-order valence-corrected chi connectivity index (χ3v) is 6.20. The molecule has 1 aliphatic rings. The Hall–Kier alpha value is -2.64. The summed E-state index contributed by atoms with van der Waals surface area (Å²) in [5, 5.41) is 3.02. The van der Waals surface area contributed by atoms with Crippen LogP contribution >= 0.6 is 22.7 Å². The van der Waals surface area contributed by atoms with Gasteiger partial charge in [0.1, 0.15) is 0 Å². The van der Waals surface area contributed by atoms with Crippen LogP contribution in [0.25, 0.3) is 21.5 Å². The van der Waals surface area contributed by atoms with Crippen LogP contribution < -0.4 is 0 Å². The molecule has 26 heavy (non-hydrogen) atoms. The number of rotatable bonds is 4. The second-order valence-electron chi connectivity index (χ2n) is 6.11. The van der Waals surface area contributed by atoms with Crippen LogP contribution in [0.1, 0.15) is 21.1 Å². The highest BCUT2D eigenvalue weighted by molar-refractivity contribution is 7.18. The minimum absolute atomic E-state index is 0.0391. The summed E-state index contributed by atoms with van der Waals surface area (Å²) in [7, 11) is 0. The summed E-state index contributed by atoms with van der Waals surface area (Å²) in [6.07, 6.45) is 2.52. The van der Waals surface area contributed by atoms with Gasteiger partial charge in [0.2, 0.25) is 0 Å². The van der Waals surface area contributed by atoms with Gasteiger partial charge in [0.05, 0.1) is 44.2 Å².